The molecule has 3 heteroatoms. The molecule has 0 bridgehead atoms. The van der Waals surface area contributed by atoms with Crippen molar-refractivity contribution < 1.29 is 4.79 Å². The average Bonchev–Trinajstić information content (AvgIpc) is 2.51. The normalized spacial score (nSPS) is 8.92. The highest BCUT2D eigenvalue weighted by Crippen LogP contribution is 2.00. The van der Waals surface area contributed by atoms with Crippen LogP contribution in [0.1, 0.15) is 32.9 Å². The van der Waals surface area contributed by atoms with Gasteiger partial charge in [-0.25, -0.2) is 0 Å². The maximum Gasteiger partial charge on any atom is 0.130 e. The van der Waals surface area contributed by atoms with Gasteiger partial charge in [-0.05, 0) is 19.4 Å². The van der Waals surface area contributed by atoms with Crippen LogP contribution in [0.15, 0.2) is 12.3 Å². The largest absolute Gasteiger partial charge is 0.300 e. The van der Waals surface area contributed by atoms with Crippen LogP contribution in [0.3, 0.4) is 0 Å². The van der Waals surface area contributed by atoms with E-state index in [0.29, 0.717) is 6.42 Å². The summed E-state index contributed by atoms with van der Waals surface area (Å²) in [4.78, 5) is 10.6. The molecule has 0 aliphatic heterocycles. The first-order valence-corrected chi connectivity index (χ1v) is 4.66. The van der Waals surface area contributed by atoms with Crippen molar-refractivity contribution in [2.45, 2.75) is 33.6 Å². The van der Waals surface area contributed by atoms with Gasteiger partial charge in [0.2, 0.25) is 0 Å². The summed E-state index contributed by atoms with van der Waals surface area (Å²) in [5.74, 6) is 0.228. The maximum absolute atomic E-state index is 10.6. The van der Waals surface area contributed by atoms with Crippen molar-refractivity contribution in [1.29, 1.82) is 0 Å². The average molecular weight is 182 g/mol. The van der Waals surface area contributed by atoms with E-state index in [0.717, 1.165) is 12.1 Å². The summed E-state index contributed by atoms with van der Waals surface area (Å²) in [6.07, 6.45) is 3.15. The third-order valence-electron chi connectivity index (χ3n) is 1.66. The van der Waals surface area contributed by atoms with Crippen LogP contribution in [0.5, 0.6) is 0 Å². The molecule has 0 unspecified atom stereocenters. The molecule has 0 atom stereocenters. The molecule has 13 heavy (non-hydrogen) atoms. The van der Waals surface area contributed by atoms with Gasteiger partial charge in [-0.1, -0.05) is 13.8 Å². The lowest BCUT2D eigenvalue weighted by atomic mass is 10.2. The standard InChI is InChI=1S/C8H12N2O.C2H6/c1-7(11)3-4-8-5-6-9-10(8)2;1-2/h5-6H,3-4H2,1-2H3;1-2H3. The quantitative estimate of drug-likeness (QED) is 0.716. The van der Waals surface area contributed by atoms with Crippen LogP contribution in [-0.2, 0) is 18.3 Å². The molecule has 3 nitrogen and oxygen atoms in total. The fourth-order valence-electron chi connectivity index (χ4n) is 0.951. The van der Waals surface area contributed by atoms with E-state index in [4.69, 9.17) is 0 Å². The number of hydrogen-bond acceptors (Lipinski definition) is 2. The molecule has 0 N–H and O–H groups in total. The Kier molecular flexibility index (Phi) is 5.85. The summed E-state index contributed by atoms with van der Waals surface area (Å²) in [7, 11) is 1.88. The zero-order valence-electron chi connectivity index (χ0n) is 8.87. The van der Waals surface area contributed by atoms with E-state index < -0.39 is 0 Å². The van der Waals surface area contributed by atoms with E-state index in [1.54, 1.807) is 17.8 Å². The van der Waals surface area contributed by atoms with Gasteiger partial charge in [0.25, 0.3) is 0 Å². The highest BCUT2D eigenvalue weighted by molar-refractivity contribution is 5.75. The Bertz CT molecular complexity index is 253. The number of aromatic nitrogens is 2. The smallest absolute Gasteiger partial charge is 0.130 e. The first kappa shape index (κ1) is 11.9. The molecule has 1 aromatic heterocycles. The second-order valence-electron chi connectivity index (χ2n) is 2.65. The van der Waals surface area contributed by atoms with Crippen molar-refractivity contribution in [3.8, 4) is 0 Å². The minimum Gasteiger partial charge on any atom is -0.300 e. The van der Waals surface area contributed by atoms with Gasteiger partial charge in [0.1, 0.15) is 5.78 Å². The third-order valence-corrected chi connectivity index (χ3v) is 1.66. The zero-order chi connectivity index (χ0) is 10.3. The van der Waals surface area contributed by atoms with E-state index >= 15 is 0 Å². The SMILES string of the molecule is CC.CC(=O)CCc1ccnn1C. The fourth-order valence-corrected chi connectivity index (χ4v) is 0.951. The fraction of sp³-hybridized carbons (Fsp3) is 0.600. The Morgan fingerprint density at radius 3 is 2.54 bits per heavy atom. The summed E-state index contributed by atoms with van der Waals surface area (Å²) in [5, 5.41) is 4.00. The summed E-state index contributed by atoms with van der Waals surface area (Å²) < 4.78 is 1.79. The van der Waals surface area contributed by atoms with Crippen molar-refractivity contribution in [3.63, 3.8) is 0 Å². The van der Waals surface area contributed by atoms with Crippen LogP contribution in [0, 0.1) is 0 Å². The van der Waals surface area contributed by atoms with Gasteiger partial charge in [0, 0.05) is 25.4 Å². The van der Waals surface area contributed by atoms with Crippen molar-refractivity contribution in [2.24, 2.45) is 7.05 Å². The molecule has 0 fully saturated rings. The Labute approximate surface area is 79.8 Å². The predicted molar refractivity (Wildman–Crippen MR) is 53.6 cm³/mol. The van der Waals surface area contributed by atoms with Crippen LogP contribution in [0.2, 0.25) is 0 Å². The number of rotatable bonds is 3. The van der Waals surface area contributed by atoms with Crippen molar-refractivity contribution in [3.05, 3.63) is 18.0 Å². The predicted octanol–water partition coefficient (Wildman–Crippen LogP) is 1.97. The molecule has 0 spiro atoms. The van der Waals surface area contributed by atoms with Crippen molar-refractivity contribution in [1.82, 2.24) is 9.78 Å². The number of carbonyl (C=O) groups excluding carboxylic acids is 1. The van der Waals surface area contributed by atoms with E-state index in [-0.39, 0.29) is 5.78 Å². The van der Waals surface area contributed by atoms with Gasteiger partial charge in [-0.2, -0.15) is 5.10 Å². The molecule has 0 aromatic carbocycles. The molecule has 74 valence electrons. The van der Waals surface area contributed by atoms with Gasteiger partial charge in [0.15, 0.2) is 0 Å². The van der Waals surface area contributed by atoms with E-state index in [2.05, 4.69) is 5.10 Å². The highest BCUT2D eigenvalue weighted by Gasteiger charge is 1.99. The number of ketones is 1. The van der Waals surface area contributed by atoms with E-state index in [9.17, 15) is 4.79 Å². The van der Waals surface area contributed by atoms with Crippen LogP contribution < -0.4 is 0 Å². The van der Waals surface area contributed by atoms with Crippen LogP contribution in [0.4, 0.5) is 0 Å². The minimum absolute atomic E-state index is 0.228. The molecule has 1 rings (SSSR count). The molecule has 0 radical (unpaired) electrons. The second kappa shape index (κ2) is 6.40. The minimum atomic E-state index is 0.228. The first-order chi connectivity index (χ1) is 6.20. The molecular weight excluding hydrogens is 164 g/mol. The van der Waals surface area contributed by atoms with E-state index in [1.807, 2.05) is 27.0 Å². The van der Waals surface area contributed by atoms with Crippen molar-refractivity contribution in [2.75, 3.05) is 0 Å². The van der Waals surface area contributed by atoms with Crippen molar-refractivity contribution >= 4 is 5.78 Å². The maximum atomic E-state index is 10.6. The van der Waals surface area contributed by atoms with Crippen LogP contribution in [0.25, 0.3) is 0 Å². The number of aryl methyl sites for hydroxylation is 2. The Morgan fingerprint density at radius 2 is 2.15 bits per heavy atom. The number of carbonyl (C=O) groups is 1. The lowest BCUT2D eigenvalue weighted by molar-refractivity contribution is -0.117. The molecular formula is C10H18N2O. The van der Waals surface area contributed by atoms with Gasteiger partial charge >= 0.3 is 0 Å². The molecule has 0 saturated carbocycles. The first-order valence-electron chi connectivity index (χ1n) is 4.66. The summed E-state index contributed by atoms with van der Waals surface area (Å²) in [6.45, 7) is 5.61. The lowest BCUT2D eigenvalue weighted by Gasteiger charge is -1.97. The number of nitrogens with zero attached hydrogens (tertiary/aromatic N) is 2. The molecule has 1 aromatic rings. The molecule has 0 aliphatic rings. The lowest BCUT2D eigenvalue weighted by Crippen LogP contribution is -2.00. The summed E-state index contributed by atoms with van der Waals surface area (Å²) in [6, 6.07) is 1.93. The molecule has 0 aliphatic carbocycles. The Hall–Kier alpha value is -1.12. The summed E-state index contributed by atoms with van der Waals surface area (Å²) in [5.41, 5.74) is 1.11. The topological polar surface area (TPSA) is 34.9 Å². The van der Waals surface area contributed by atoms with Gasteiger partial charge in [-0.15, -0.1) is 0 Å². The molecule has 0 amide bonds. The van der Waals surface area contributed by atoms with E-state index in [1.165, 1.54) is 0 Å². The van der Waals surface area contributed by atoms with Gasteiger partial charge in [-0.3, -0.25) is 4.68 Å². The van der Waals surface area contributed by atoms with Gasteiger partial charge < -0.3 is 4.79 Å². The number of Topliss-reactive ketones (excluding diaryl/α,β-unsaturated/α-hetero) is 1. The van der Waals surface area contributed by atoms with Crippen LogP contribution >= 0.6 is 0 Å². The Balaban J connectivity index is 0.000000671. The second-order valence-corrected chi connectivity index (χ2v) is 2.65. The summed E-state index contributed by atoms with van der Waals surface area (Å²) >= 11 is 0. The highest BCUT2D eigenvalue weighted by atomic mass is 16.1. The molecule has 1 heterocycles. The zero-order valence-corrected chi connectivity index (χ0v) is 8.87. The molecule has 0 saturated heterocycles. The third kappa shape index (κ3) is 4.45. The number of hydrogen-bond donors (Lipinski definition) is 0. The van der Waals surface area contributed by atoms with Gasteiger partial charge in [0.05, 0.1) is 0 Å². The Morgan fingerprint density at radius 1 is 1.54 bits per heavy atom. The van der Waals surface area contributed by atoms with Crippen LogP contribution in [-0.4, -0.2) is 15.6 Å². The monoisotopic (exact) mass is 182 g/mol.